The van der Waals surface area contributed by atoms with Gasteiger partial charge in [-0.2, -0.15) is 0 Å². The van der Waals surface area contributed by atoms with Crippen molar-refractivity contribution >= 4 is 0 Å². The predicted octanol–water partition coefficient (Wildman–Crippen LogP) is 1.24. The van der Waals surface area contributed by atoms with Gasteiger partial charge >= 0.3 is 0 Å². The Morgan fingerprint density at radius 2 is 2.22 bits per heavy atom. The molecule has 0 radical (unpaired) electrons. The van der Waals surface area contributed by atoms with Gasteiger partial charge in [0.1, 0.15) is 0 Å². The molecule has 2 unspecified atom stereocenters. The van der Waals surface area contributed by atoms with E-state index in [-0.39, 0.29) is 12.1 Å². The molecule has 0 bridgehead atoms. The number of hydrogen-bond acceptors (Lipinski definition) is 4. The zero-order valence-corrected chi connectivity index (χ0v) is 12.2. The summed E-state index contributed by atoms with van der Waals surface area (Å²) in [5, 5.41) is 13.0. The van der Waals surface area contributed by atoms with E-state index in [4.69, 9.17) is 4.74 Å². The minimum atomic E-state index is -0.209. The first-order chi connectivity index (χ1) is 8.59. The first kappa shape index (κ1) is 15.9. The van der Waals surface area contributed by atoms with Gasteiger partial charge in [0, 0.05) is 19.7 Å². The summed E-state index contributed by atoms with van der Waals surface area (Å²) >= 11 is 0. The molecule has 108 valence electrons. The molecule has 4 heteroatoms. The Morgan fingerprint density at radius 3 is 2.78 bits per heavy atom. The minimum absolute atomic E-state index is 0.170. The fourth-order valence-electron chi connectivity index (χ4n) is 2.55. The molecule has 4 nitrogen and oxygen atoms in total. The van der Waals surface area contributed by atoms with Crippen LogP contribution >= 0.6 is 0 Å². The molecule has 0 aromatic carbocycles. The van der Waals surface area contributed by atoms with Crippen LogP contribution in [0.25, 0.3) is 0 Å². The quantitative estimate of drug-likeness (QED) is 0.687. The van der Waals surface area contributed by atoms with Gasteiger partial charge in [0.2, 0.25) is 0 Å². The van der Waals surface area contributed by atoms with Crippen LogP contribution in [0.1, 0.15) is 39.5 Å². The Labute approximate surface area is 112 Å². The van der Waals surface area contributed by atoms with Gasteiger partial charge in [0.25, 0.3) is 0 Å². The molecular weight excluding hydrogens is 228 g/mol. The molecule has 0 amide bonds. The van der Waals surface area contributed by atoms with Crippen LogP contribution in [-0.4, -0.2) is 61.5 Å². The van der Waals surface area contributed by atoms with Gasteiger partial charge in [-0.3, -0.25) is 0 Å². The van der Waals surface area contributed by atoms with Crippen molar-refractivity contribution in [2.45, 2.75) is 51.2 Å². The monoisotopic (exact) mass is 258 g/mol. The van der Waals surface area contributed by atoms with Crippen molar-refractivity contribution in [3.63, 3.8) is 0 Å². The second-order valence-electron chi connectivity index (χ2n) is 5.83. The normalized spacial score (nSPS) is 24.2. The first-order valence-electron chi connectivity index (χ1n) is 7.25. The highest BCUT2D eigenvalue weighted by atomic mass is 16.5. The average Bonchev–Trinajstić information content (AvgIpc) is 2.37. The molecule has 1 aliphatic rings. The standard InChI is InChI=1S/C14H30N2O2/c1-4-8-15-14(2,12-17)11-16(3)10-13-7-5-6-9-18-13/h13,15,17H,4-12H2,1-3H3. The number of hydrogen-bond donors (Lipinski definition) is 2. The number of nitrogens with one attached hydrogen (secondary N) is 1. The van der Waals surface area contributed by atoms with Gasteiger partial charge < -0.3 is 20.1 Å². The molecule has 0 aromatic rings. The zero-order chi connectivity index (χ0) is 13.4. The predicted molar refractivity (Wildman–Crippen MR) is 74.9 cm³/mol. The fraction of sp³-hybridized carbons (Fsp3) is 1.00. The molecule has 0 aromatic heterocycles. The average molecular weight is 258 g/mol. The Balaban J connectivity index is 2.33. The van der Waals surface area contributed by atoms with E-state index in [1.165, 1.54) is 19.3 Å². The fourth-order valence-corrected chi connectivity index (χ4v) is 2.55. The van der Waals surface area contributed by atoms with Gasteiger partial charge in [-0.05, 0) is 46.2 Å². The maximum Gasteiger partial charge on any atom is 0.0701 e. The Bertz CT molecular complexity index is 220. The van der Waals surface area contributed by atoms with E-state index in [0.29, 0.717) is 6.10 Å². The summed E-state index contributed by atoms with van der Waals surface area (Å²) in [6.45, 7) is 8.07. The van der Waals surface area contributed by atoms with Gasteiger partial charge in [0.15, 0.2) is 0 Å². The lowest BCUT2D eigenvalue weighted by atomic mass is 10.0. The summed E-state index contributed by atoms with van der Waals surface area (Å²) in [5.41, 5.74) is -0.209. The van der Waals surface area contributed by atoms with E-state index in [1.807, 2.05) is 0 Å². The summed E-state index contributed by atoms with van der Waals surface area (Å²) < 4.78 is 5.75. The van der Waals surface area contributed by atoms with Crippen LogP contribution in [0, 0.1) is 0 Å². The number of ether oxygens (including phenoxy) is 1. The largest absolute Gasteiger partial charge is 0.394 e. The number of nitrogens with zero attached hydrogens (tertiary/aromatic N) is 1. The third-order valence-electron chi connectivity index (χ3n) is 3.56. The molecule has 2 N–H and O–H groups in total. The summed E-state index contributed by atoms with van der Waals surface area (Å²) in [6.07, 6.45) is 5.11. The minimum Gasteiger partial charge on any atom is -0.394 e. The Kier molecular flexibility index (Phi) is 7.15. The van der Waals surface area contributed by atoms with Gasteiger partial charge in [-0.25, -0.2) is 0 Å². The second kappa shape index (κ2) is 8.10. The molecule has 2 atom stereocenters. The number of rotatable bonds is 8. The van der Waals surface area contributed by atoms with Crippen LogP contribution in [0.2, 0.25) is 0 Å². The molecule has 0 saturated carbocycles. The third kappa shape index (κ3) is 5.65. The smallest absolute Gasteiger partial charge is 0.0701 e. The number of aliphatic hydroxyl groups is 1. The topological polar surface area (TPSA) is 44.7 Å². The molecule has 1 saturated heterocycles. The number of likely N-dealkylation sites (N-methyl/N-ethyl adjacent to an activating group) is 1. The van der Waals surface area contributed by atoms with Crippen molar-refractivity contribution in [3.8, 4) is 0 Å². The van der Waals surface area contributed by atoms with E-state index in [2.05, 4.69) is 31.1 Å². The zero-order valence-electron chi connectivity index (χ0n) is 12.2. The van der Waals surface area contributed by atoms with Gasteiger partial charge in [0.05, 0.1) is 18.2 Å². The molecule has 18 heavy (non-hydrogen) atoms. The Hall–Kier alpha value is -0.160. The van der Waals surface area contributed by atoms with Crippen molar-refractivity contribution < 1.29 is 9.84 Å². The van der Waals surface area contributed by atoms with Crippen molar-refractivity contribution in [1.82, 2.24) is 10.2 Å². The maximum atomic E-state index is 9.55. The van der Waals surface area contributed by atoms with E-state index in [1.54, 1.807) is 0 Å². The highest BCUT2D eigenvalue weighted by Gasteiger charge is 2.25. The van der Waals surface area contributed by atoms with E-state index in [9.17, 15) is 5.11 Å². The summed E-state index contributed by atoms with van der Waals surface area (Å²) in [7, 11) is 2.11. The SMILES string of the molecule is CCCNC(C)(CO)CN(C)CC1CCCCO1. The lowest BCUT2D eigenvalue weighted by molar-refractivity contribution is -0.00703. The van der Waals surface area contributed by atoms with Crippen LogP contribution < -0.4 is 5.32 Å². The van der Waals surface area contributed by atoms with Crippen molar-refractivity contribution in [2.75, 3.05) is 39.9 Å². The lowest BCUT2D eigenvalue weighted by Crippen LogP contribution is -2.54. The van der Waals surface area contributed by atoms with Crippen LogP contribution in [0.5, 0.6) is 0 Å². The molecule has 1 fully saturated rings. The molecule has 1 heterocycles. The summed E-state index contributed by atoms with van der Waals surface area (Å²) in [4.78, 5) is 2.27. The maximum absolute atomic E-state index is 9.55. The second-order valence-corrected chi connectivity index (χ2v) is 5.83. The van der Waals surface area contributed by atoms with Crippen molar-refractivity contribution in [3.05, 3.63) is 0 Å². The summed E-state index contributed by atoms with van der Waals surface area (Å²) in [6, 6.07) is 0. The highest BCUT2D eigenvalue weighted by Crippen LogP contribution is 2.14. The highest BCUT2D eigenvalue weighted by molar-refractivity contribution is 4.86. The molecular formula is C14H30N2O2. The first-order valence-corrected chi connectivity index (χ1v) is 7.25. The molecule has 0 aliphatic carbocycles. The van der Waals surface area contributed by atoms with Crippen LogP contribution in [0.3, 0.4) is 0 Å². The van der Waals surface area contributed by atoms with Gasteiger partial charge in [-0.1, -0.05) is 6.92 Å². The van der Waals surface area contributed by atoms with E-state index < -0.39 is 0 Å². The van der Waals surface area contributed by atoms with Crippen LogP contribution in [-0.2, 0) is 4.74 Å². The lowest BCUT2D eigenvalue weighted by Gasteiger charge is -2.35. The van der Waals surface area contributed by atoms with Crippen LogP contribution in [0.4, 0.5) is 0 Å². The van der Waals surface area contributed by atoms with Gasteiger partial charge in [-0.15, -0.1) is 0 Å². The van der Waals surface area contributed by atoms with Crippen molar-refractivity contribution in [1.29, 1.82) is 0 Å². The van der Waals surface area contributed by atoms with E-state index >= 15 is 0 Å². The Morgan fingerprint density at radius 1 is 1.44 bits per heavy atom. The van der Waals surface area contributed by atoms with Crippen LogP contribution in [0.15, 0.2) is 0 Å². The van der Waals surface area contributed by atoms with Crippen molar-refractivity contribution in [2.24, 2.45) is 0 Å². The third-order valence-corrected chi connectivity index (χ3v) is 3.56. The van der Waals surface area contributed by atoms with E-state index in [0.717, 1.165) is 32.7 Å². The molecule has 0 spiro atoms. The molecule has 1 aliphatic heterocycles. The summed E-state index contributed by atoms with van der Waals surface area (Å²) in [5.74, 6) is 0. The molecule has 1 rings (SSSR count). The number of aliphatic hydroxyl groups excluding tert-OH is 1.